The van der Waals surface area contributed by atoms with Gasteiger partial charge in [-0.2, -0.15) is 5.26 Å². The van der Waals surface area contributed by atoms with Crippen molar-refractivity contribution in [2.24, 2.45) is 0 Å². The summed E-state index contributed by atoms with van der Waals surface area (Å²) < 4.78 is 13.0. The molecular weight excluding hydrogens is 363 g/mol. The van der Waals surface area contributed by atoms with E-state index in [0.29, 0.717) is 52.0 Å². The number of amides is 1. The molecule has 0 radical (unpaired) electrons. The summed E-state index contributed by atoms with van der Waals surface area (Å²) >= 11 is 0. The monoisotopic (exact) mass is 388 g/mol. The van der Waals surface area contributed by atoms with Gasteiger partial charge in [-0.25, -0.2) is 4.39 Å². The number of rotatable bonds is 9. The van der Waals surface area contributed by atoms with E-state index in [1.165, 1.54) is 12.1 Å². The summed E-state index contributed by atoms with van der Waals surface area (Å²) in [5, 5.41) is 20.5. The molecule has 1 heterocycles. The fourth-order valence-corrected chi connectivity index (χ4v) is 2.96. The van der Waals surface area contributed by atoms with Gasteiger partial charge in [0.05, 0.1) is 0 Å². The molecule has 28 heavy (non-hydrogen) atoms. The van der Waals surface area contributed by atoms with E-state index < -0.39 is 11.9 Å². The summed E-state index contributed by atoms with van der Waals surface area (Å²) in [7, 11) is 0. The van der Waals surface area contributed by atoms with Crippen molar-refractivity contribution in [2.45, 2.75) is 25.7 Å². The summed E-state index contributed by atoms with van der Waals surface area (Å²) in [6, 6.07) is 8.29. The maximum atomic E-state index is 13.0. The first-order valence-corrected chi connectivity index (χ1v) is 9.36. The zero-order chi connectivity index (χ0) is 20.4. The van der Waals surface area contributed by atoms with Crippen LogP contribution < -0.4 is 10.2 Å². The van der Waals surface area contributed by atoms with Crippen LogP contribution in [-0.2, 0) is 9.59 Å². The highest BCUT2D eigenvalue weighted by Crippen LogP contribution is 2.17. The molecule has 2 rings (SSSR count). The number of unbranched alkanes of at least 4 members (excludes halogenated alkanes) is 2. The van der Waals surface area contributed by atoms with Crippen molar-refractivity contribution in [3.63, 3.8) is 0 Å². The van der Waals surface area contributed by atoms with Crippen molar-refractivity contribution in [1.82, 2.24) is 10.2 Å². The molecule has 0 bridgehead atoms. The predicted molar refractivity (Wildman–Crippen MR) is 103 cm³/mol. The topological polar surface area (TPSA) is 96.7 Å². The van der Waals surface area contributed by atoms with Gasteiger partial charge in [-0.1, -0.05) is 6.42 Å². The minimum Gasteiger partial charge on any atom is -0.481 e. The molecule has 1 saturated heterocycles. The van der Waals surface area contributed by atoms with Crippen molar-refractivity contribution >= 4 is 17.6 Å². The average molecular weight is 388 g/mol. The van der Waals surface area contributed by atoms with Gasteiger partial charge in [0.2, 0.25) is 0 Å². The van der Waals surface area contributed by atoms with Crippen LogP contribution in [0.15, 0.2) is 36.0 Å². The number of carbonyl (C=O) groups is 2. The second-order valence-corrected chi connectivity index (χ2v) is 6.61. The Morgan fingerprint density at radius 2 is 1.82 bits per heavy atom. The van der Waals surface area contributed by atoms with Crippen LogP contribution in [0.3, 0.4) is 0 Å². The highest BCUT2D eigenvalue weighted by Gasteiger charge is 2.17. The Kier molecular flexibility index (Phi) is 8.28. The molecule has 0 saturated carbocycles. The van der Waals surface area contributed by atoms with Gasteiger partial charge in [-0.15, -0.1) is 0 Å². The molecule has 1 aromatic carbocycles. The largest absolute Gasteiger partial charge is 0.481 e. The quantitative estimate of drug-likeness (QED) is 0.382. The maximum Gasteiger partial charge on any atom is 0.303 e. The lowest BCUT2D eigenvalue weighted by atomic mass is 10.2. The van der Waals surface area contributed by atoms with Crippen molar-refractivity contribution in [3.8, 4) is 6.07 Å². The summed E-state index contributed by atoms with van der Waals surface area (Å²) in [5.41, 5.74) is 1.01. The molecular formula is C20H25FN4O3. The highest BCUT2D eigenvalue weighted by atomic mass is 19.1. The number of aliphatic carboxylic acids is 1. The molecule has 1 amide bonds. The number of piperazine rings is 1. The van der Waals surface area contributed by atoms with E-state index in [0.717, 1.165) is 5.69 Å². The summed E-state index contributed by atoms with van der Waals surface area (Å²) in [5.74, 6) is -1.50. The van der Waals surface area contributed by atoms with Crippen LogP contribution in [0.4, 0.5) is 10.1 Å². The lowest BCUT2D eigenvalue weighted by Crippen LogP contribution is -2.44. The minimum atomic E-state index is -0.821. The number of halogens is 1. The van der Waals surface area contributed by atoms with Crippen LogP contribution in [0, 0.1) is 17.1 Å². The molecule has 0 spiro atoms. The fraction of sp³-hybridized carbons (Fsp3) is 0.450. The number of carbonyl (C=O) groups excluding carboxylic acids is 1. The van der Waals surface area contributed by atoms with Crippen LogP contribution in [-0.4, -0.2) is 54.6 Å². The highest BCUT2D eigenvalue weighted by molar-refractivity contribution is 5.97. The Bertz CT molecular complexity index is 735. The lowest BCUT2D eigenvalue weighted by molar-refractivity contribution is -0.137. The van der Waals surface area contributed by atoms with Gasteiger partial charge in [-0.3, -0.25) is 9.59 Å². The Morgan fingerprint density at radius 3 is 2.43 bits per heavy atom. The third-order valence-electron chi connectivity index (χ3n) is 4.54. The zero-order valence-corrected chi connectivity index (χ0v) is 15.7. The van der Waals surface area contributed by atoms with E-state index in [1.54, 1.807) is 18.3 Å². The van der Waals surface area contributed by atoms with Crippen LogP contribution in [0.25, 0.3) is 0 Å². The molecule has 1 aromatic rings. The SMILES string of the molecule is N#C/C(=C/N1CCN(c2ccc(F)cc2)CC1)C(=O)NCCCCCC(=O)O. The molecule has 7 nitrogen and oxygen atoms in total. The standard InChI is InChI=1S/C20H25FN4O3/c21-17-5-7-18(8-6-17)25-12-10-24(11-13-25)15-16(14-22)20(28)23-9-3-1-2-4-19(26)27/h5-8,15H,1-4,9-13H2,(H,23,28)(H,26,27)/b16-15-. The maximum absolute atomic E-state index is 13.0. The number of nitriles is 1. The van der Waals surface area contributed by atoms with Crippen LogP contribution in [0.1, 0.15) is 25.7 Å². The lowest BCUT2D eigenvalue weighted by Gasteiger charge is -2.35. The van der Waals surface area contributed by atoms with Gasteiger partial charge in [0.25, 0.3) is 5.91 Å². The van der Waals surface area contributed by atoms with Crippen molar-refractivity contribution < 1.29 is 19.1 Å². The van der Waals surface area contributed by atoms with E-state index in [9.17, 15) is 19.2 Å². The number of benzene rings is 1. The smallest absolute Gasteiger partial charge is 0.303 e. The van der Waals surface area contributed by atoms with E-state index in [1.807, 2.05) is 11.0 Å². The first kappa shape index (κ1) is 21.2. The normalized spacial score (nSPS) is 14.5. The van der Waals surface area contributed by atoms with Crippen LogP contribution >= 0.6 is 0 Å². The second kappa shape index (κ2) is 10.9. The molecule has 2 N–H and O–H groups in total. The Balaban J connectivity index is 1.76. The molecule has 1 fully saturated rings. The van der Waals surface area contributed by atoms with Gasteiger partial charge in [0.1, 0.15) is 17.5 Å². The van der Waals surface area contributed by atoms with Crippen molar-refractivity contribution in [1.29, 1.82) is 5.26 Å². The molecule has 0 unspecified atom stereocenters. The molecule has 8 heteroatoms. The third kappa shape index (κ3) is 6.91. The number of nitrogens with zero attached hydrogens (tertiary/aromatic N) is 3. The summed E-state index contributed by atoms with van der Waals surface area (Å²) in [4.78, 5) is 26.6. The number of nitrogens with one attached hydrogen (secondary N) is 1. The van der Waals surface area contributed by atoms with E-state index in [4.69, 9.17) is 5.11 Å². The van der Waals surface area contributed by atoms with Gasteiger partial charge >= 0.3 is 5.97 Å². The van der Waals surface area contributed by atoms with Gasteiger partial charge in [0.15, 0.2) is 0 Å². The van der Waals surface area contributed by atoms with Gasteiger partial charge in [-0.05, 0) is 37.1 Å². The van der Waals surface area contributed by atoms with Crippen LogP contribution in [0.2, 0.25) is 0 Å². The number of anilines is 1. The molecule has 0 atom stereocenters. The summed E-state index contributed by atoms with van der Waals surface area (Å²) in [6.07, 6.45) is 3.67. The molecule has 0 aromatic heterocycles. The number of hydrogen-bond acceptors (Lipinski definition) is 5. The minimum absolute atomic E-state index is 0.0563. The van der Waals surface area contributed by atoms with E-state index in [2.05, 4.69) is 10.2 Å². The predicted octanol–water partition coefficient (Wildman–Crippen LogP) is 2.12. The second-order valence-electron chi connectivity index (χ2n) is 6.61. The average Bonchev–Trinajstić information content (AvgIpc) is 2.69. The Labute approximate surface area is 164 Å². The number of hydrogen-bond donors (Lipinski definition) is 2. The molecule has 1 aliphatic rings. The molecule has 150 valence electrons. The molecule has 0 aliphatic carbocycles. The number of carboxylic acids is 1. The van der Waals surface area contributed by atoms with E-state index >= 15 is 0 Å². The van der Waals surface area contributed by atoms with Crippen LogP contribution in [0.5, 0.6) is 0 Å². The van der Waals surface area contributed by atoms with Gasteiger partial charge in [0, 0.05) is 51.0 Å². The third-order valence-corrected chi connectivity index (χ3v) is 4.54. The summed E-state index contributed by atoms with van der Waals surface area (Å²) in [6.45, 7) is 3.16. The fourth-order valence-electron chi connectivity index (χ4n) is 2.96. The van der Waals surface area contributed by atoms with Crippen molar-refractivity contribution in [3.05, 3.63) is 41.9 Å². The van der Waals surface area contributed by atoms with Crippen molar-refractivity contribution in [2.75, 3.05) is 37.6 Å². The first-order chi connectivity index (χ1) is 13.5. The first-order valence-electron chi connectivity index (χ1n) is 9.36. The Hall–Kier alpha value is -3.08. The van der Waals surface area contributed by atoms with Gasteiger partial charge < -0.3 is 20.2 Å². The zero-order valence-electron chi connectivity index (χ0n) is 15.7. The van der Waals surface area contributed by atoms with E-state index in [-0.39, 0.29) is 17.8 Å². The Morgan fingerprint density at radius 1 is 1.14 bits per heavy atom. The number of carboxylic acid groups (broad SMARTS) is 1. The molecule has 1 aliphatic heterocycles.